The van der Waals surface area contributed by atoms with E-state index in [1.807, 2.05) is 0 Å². The fraction of sp³-hybridized carbons (Fsp3) is 0. The maximum absolute atomic E-state index is 2.42. The third-order valence-electron chi connectivity index (χ3n) is 13.3. The first kappa shape index (κ1) is 36.9. The third-order valence-corrected chi connectivity index (χ3v) is 13.3. The zero-order valence-electron chi connectivity index (χ0n) is 35.5. The molecule has 0 aliphatic heterocycles. The van der Waals surface area contributed by atoms with Crippen molar-refractivity contribution >= 4 is 71.4 Å². The number of hydrogen-bond donors (Lipinski definition) is 0. The molecule has 3 nitrogen and oxygen atoms in total. The fourth-order valence-corrected chi connectivity index (χ4v) is 10.2. The maximum Gasteiger partial charge on any atom is 0.0547 e. The largest absolute Gasteiger partial charge is 0.311 e. The molecule has 2 aromatic heterocycles. The summed E-state index contributed by atoms with van der Waals surface area (Å²) in [6.45, 7) is 0. The number of rotatable bonds is 8. The average molecular weight is 828 g/mol. The van der Waals surface area contributed by atoms with E-state index in [1.165, 1.54) is 87.8 Å². The van der Waals surface area contributed by atoms with Gasteiger partial charge in [0.25, 0.3) is 0 Å². The van der Waals surface area contributed by atoms with Crippen LogP contribution in [0.3, 0.4) is 0 Å². The molecular weight excluding hydrogens is 787 g/mol. The van der Waals surface area contributed by atoms with E-state index < -0.39 is 0 Å². The van der Waals surface area contributed by atoms with Crippen molar-refractivity contribution in [2.24, 2.45) is 0 Å². The summed E-state index contributed by atoms with van der Waals surface area (Å²) in [5.74, 6) is 0. The highest BCUT2D eigenvalue weighted by atomic mass is 15.1. The van der Waals surface area contributed by atoms with Gasteiger partial charge >= 0.3 is 0 Å². The van der Waals surface area contributed by atoms with E-state index in [1.54, 1.807) is 0 Å². The van der Waals surface area contributed by atoms with E-state index in [0.717, 1.165) is 28.4 Å². The maximum atomic E-state index is 2.42. The number of hydrogen-bond acceptors (Lipinski definition) is 1. The molecule has 0 amide bonds. The molecule has 0 spiro atoms. The van der Waals surface area contributed by atoms with Crippen molar-refractivity contribution in [3.05, 3.63) is 249 Å². The lowest BCUT2D eigenvalue weighted by Crippen LogP contribution is -2.09. The van der Waals surface area contributed by atoms with E-state index >= 15 is 0 Å². The van der Waals surface area contributed by atoms with Crippen molar-refractivity contribution in [1.82, 2.24) is 9.13 Å². The number of anilines is 3. The monoisotopic (exact) mass is 827 g/mol. The van der Waals surface area contributed by atoms with Gasteiger partial charge in [-0.1, -0.05) is 164 Å². The summed E-state index contributed by atoms with van der Waals surface area (Å²) in [6, 6.07) is 90.6. The summed E-state index contributed by atoms with van der Waals surface area (Å²) in [5.41, 5.74) is 17.5. The lowest BCUT2D eigenvalue weighted by Gasteiger charge is -2.26. The lowest BCUT2D eigenvalue weighted by molar-refractivity contribution is 1.18. The van der Waals surface area contributed by atoms with Gasteiger partial charge in [0.2, 0.25) is 0 Å². The predicted octanol–water partition coefficient (Wildman–Crippen LogP) is 16.9. The Morgan fingerprint density at radius 1 is 0.246 bits per heavy atom. The summed E-state index contributed by atoms with van der Waals surface area (Å²) in [7, 11) is 0. The molecule has 2 heterocycles. The van der Waals surface area contributed by atoms with Crippen molar-refractivity contribution in [1.29, 1.82) is 0 Å². The molecular formula is C62H41N3. The van der Waals surface area contributed by atoms with Crippen LogP contribution >= 0.6 is 0 Å². The van der Waals surface area contributed by atoms with E-state index in [0.29, 0.717) is 0 Å². The van der Waals surface area contributed by atoms with E-state index in [-0.39, 0.29) is 0 Å². The van der Waals surface area contributed by atoms with Gasteiger partial charge in [-0.3, -0.25) is 0 Å². The number of nitrogens with zero attached hydrogens (tertiary/aromatic N) is 3. The summed E-state index contributed by atoms with van der Waals surface area (Å²) >= 11 is 0. The van der Waals surface area contributed by atoms with Crippen LogP contribution in [0.2, 0.25) is 0 Å². The Morgan fingerprint density at radius 2 is 0.600 bits per heavy atom. The molecule has 0 aliphatic carbocycles. The van der Waals surface area contributed by atoms with Crippen LogP contribution < -0.4 is 4.90 Å². The van der Waals surface area contributed by atoms with Gasteiger partial charge in [-0.05, 0) is 129 Å². The van der Waals surface area contributed by atoms with Gasteiger partial charge in [0.1, 0.15) is 0 Å². The minimum atomic E-state index is 1.09. The minimum absolute atomic E-state index is 1.09. The van der Waals surface area contributed by atoms with Crippen LogP contribution in [0.4, 0.5) is 17.1 Å². The number of para-hydroxylation sites is 2. The number of benzene rings is 11. The highest BCUT2D eigenvalue weighted by Crippen LogP contribution is 2.41. The Kier molecular flexibility index (Phi) is 8.53. The standard InChI is InChI=1S/C62H41N3/c1-2-12-42(13-3-1)43-28-34-50(35-29-43)63(51-36-30-44(31-37-51)48-16-8-18-53(40-48)64-57-22-6-4-20-55(57)56-21-5-7-23-58(56)64)52-38-32-45(33-39-52)49-17-9-19-54(41-49)65-59-24-10-14-46-26-27-47-15-11-25-60(65)62(47)61(46)59/h1-41H. The first-order valence-corrected chi connectivity index (χ1v) is 22.3. The predicted molar refractivity (Wildman–Crippen MR) is 275 cm³/mol. The van der Waals surface area contributed by atoms with E-state index in [2.05, 4.69) is 263 Å². The molecule has 0 saturated carbocycles. The van der Waals surface area contributed by atoms with Crippen molar-refractivity contribution in [3.8, 4) is 44.8 Å². The molecule has 0 saturated heterocycles. The third kappa shape index (κ3) is 6.12. The molecule has 13 rings (SSSR count). The summed E-state index contributed by atoms with van der Waals surface area (Å²) < 4.78 is 4.81. The second kappa shape index (κ2) is 15.0. The van der Waals surface area contributed by atoms with Crippen LogP contribution in [0.5, 0.6) is 0 Å². The first-order chi connectivity index (χ1) is 32.2. The molecule has 0 N–H and O–H groups in total. The van der Waals surface area contributed by atoms with Crippen LogP contribution in [0, 0.1) is 0 Å². The Bertz CT molecular complexity index is 3740. The van der Waals surface area contributed by atoms with Gasteiger partial charge in [0.15, 0.2) is 0 Å². The molecule has 13 aromatic rings. The Morgan fingerprint density at radius 3 is 1.08 bits per heavy atom. The van der Waals surface area contributed by atoms with Crippen LogP contribution in [-0.2, 0) is 0 Å². The lowest BCUT2D eigenvalue weighted by atomic mass is 10.0. The Hall–Kier alpha value is -8.66. The van der Waals surface area contributed by atoms with Crippen LogP contribution in [0.25, 0.3) is 99.1 Å². The molecule has 65 heavy (non-hydrogen) atoms. The molecule has 304 valence electrons. The Balaban J connectivity index is 0.867. The van der Waals surface area contributed by atoms with Gasteiger partial charge in [0.05, 0.1) is 22.1 Å². The number of aromatic nitrogens is 2. The zero-order valence-corrected chi connectivity index (χ0v) is 35.5. The van der Waals surface area contributed by atoms with Crippen molar-refractivity contribution in [3.63, 3.8) is 0 Å². The van der Waals surface area contributed by atoms with Gasteiger partial charge in [-0.2, -0.15) is 0 Å². The molecule has 0 fully saturated rings. The van der Waals surface area contributed by atoms with Gasteiger partial charge in [-0.25, -0.2) is 0 Å². The average Bonchev–Trinajstić information content (AvgIpc) is 3.91. The fourth-order valence-electron chi connectivity index (χ4n) is 10.2. The quantitative estimate of drug-likeness (QED) is 0.139. The molecule has 11 aromatic carbocycles. The second-order valence-electron chi connectivity index (χ2n) is 17.0. The Labute approximate surface area is 377 Å². The second-order valence-corrected chi connectivity index (χ2v) is 17.0. The highest BCUT2D eigenvalue weighted by molar-refractivity contribution is 6.24. The van der Waals surface area contributed by atoms with Crippen LogP contribution in [-0.4, -0.2) is 9.13 Å². The summed E-state index contributed by atoms with van der Waals surface area (Å²) in [4.78, 5) is 2.36. The van der Waals surface area contributed by atoms with Crippen molar-refractivity contribution < 1.29 is 0 Å². The number of fused-ring (bicyclic) bond motifs is 3. The van der Waals surface area contributed by atoms with Crippen LogP contribution in [0.1, 0.15) is 0 Å². The first-order valence-electron chi connectivity index (χ1n) is 22.3. The normalized spacial score (nSPS) is 11.7. The topological polar surface area (TPSA) is 13.1 Å². The van der Waals surface area contributed by atoms with Gasteiger partial charge in [0, 0.05) is 50.0 Å². The summed E-state index contributed by atoms with van der Waals surface area (Å²) in [5, 5.41) is 7.73. The minimum Gasteiger partial charge on any atom is -0.311 e. The van der Waals surface area contributed by atoms with Gasteiger partial charge in [-0.15, -0.1) is 0 Å². The SMILES string of the molecule is c1ccc(-c2ccc(N(c3ccc(-c4cccc(-n5c6ccccc6c6ccccc65)c4)cc3)c3ccc(-c4cccc(-n5c6cccc7ccc8cccc5c8c76)c4)cc3)cc2)cc1. The molecule has 0 radical (unpaired) electrons. The smallest absolute Gasteiger partial charge is 0.0547 e. The highest BCUT2D eigenvalue weighted by Gasteiger charge is 2.18. The molecule has 0 bridgehead atoms. The van der Waals surface area contributed by atoms with E-state index in [4.69, 9.17) is 0 Å². The van der Waals surface area contributed by atoms with Crippen molar-refractivity contribution in [2.45, 2.75) is 0 Å². The van der Waals surface area contributed by atoms with Gasteiger partial charge < -0.3 is 14.0 Å². The van der Waals surface area contributed by atoms with Crippen LogP contribution in [0.15, 0.2) is 249 Å². The molecule has 3 heteroatoms. The zero-order chi connectivity index (χ0) is 42.8. The molecule has 0 atom stereocenters. The van der Waals surface area contributed by atoms with Crippen molar-refractivity contribution in [2.75, 3.05) is 4.90 Å². The van der Waals surface area contributed by atoms with E-state index in [9.17, 15) is 0 Å². The molecule has 0 unspecified atom stereocenters. The summed E-state index contributed by atoms with van der Waals surface area (Å²) in [6.07, 6.45) is 0. The molecule has 0 aliphatic rings.